The molecule has 0 aromatic heterocycles. The maximum absolute atomic E-state index is 10.5. The topological polar surface area (TPSA) is 37.3 Å². The van der Waals surface area contributed by atoms with Crippen LogP contribution in [0.25, 0.3) is 0 Å². The monoisotopic (exact) mass is 103 g/mol. The molecule has 0 aliphatic heterocycles. The van der Waals surface area contributed by atoms with Crippen LogP contribution in [0.1, 0.15) is 17.9 Å². The number of carbonyl (C=O) groups excluding carboxylic acids is 1. The fourth-order valence-corrected chi connectivity index (χ4v) is 0.190. The number of aliphatic hydroxyl groups excluding tert-OH is 1. The lowest BCUT2D eigenvalue weighted by Crippen LogP contribution is -1.82. The molecule has 0 bridgehead atoms. The molecule has 0 heterocycles. The summed E-state index contributed by atoms with van der Waals surface area (Å²) in [6.45, 7) is -1.40. The van der Waals surface area contributed by atoms with Crippen molar-refractivity contribution in [1.82, 2.24) is 0 Å². The van der Waals surface area contributed by atoms with Crippen LogP contribution >= 0.6 is 0 Å². The summed E-state index contributed by atoms with van der Waals surface area (Å²) in [5, 5.41) is 8.48. The highest BCUT2D eigenvalue weighted by Gasteiger charge is 1.82. The van der Waals surface area contributed by atoms with Gasteiger partial charge >= 0.3 is 0 Å². The highest BCUT2D eigenvalue weighted by Crippen LogP contribution is 1.82. The first-order valence-corrected chi connectivity index (χ1v) is 1.76. The second-order valence-corrected chi connectivity index (χ2v) is 1.15. The van der Waals surface area contributed by atoms with Crippen LogP contribution < -0.4 is 0 Å². The molecule has 40 valence electrons. The number of hydrogen-bond acceptors (Lipinski definition) is 2. The van der Waals surface area contributed by atoms with Gasteiger partial charge in [0.15, 0.2) is 5.78 Å². The standard InChI is InChI=1S/C5H8O2/c1-4(6)3-5(2)7/h3,6H,1-2H3/i2D3. The van der Waals surface area contributed by atoms with Crippen molar-refractivity contribution < 1.29 is 14.0 Å². The zero-order valence-electron chi connectivity index (χ0n) is 6.93. The zero-order valence-corrected chi connectivity index (χ0v) is 3.93. The third-order valence-electron chi connectivity index (χ3n) is 0.340. The van der Waals surface area contributed by atoms with E-state index < -0.39 is 12.6 Å². The lowest BCUT2D eigenvalue weighted by atomic mass is 10.4. The lowest BCUT2D eigenvalue weighted by Gasteiger charge is -1.80. The van der Waals surface area contributed by atoms with Crippen LogP contribution in [0.3, 0.4) is 0 Å². The first kappa shape index (κ1) is 2.50. The third-order valence-corrected chi connectivity index (χ3v) is 0.340. The summed E-state index contributed by atoms with van der Waals surface area (Å²) < 4.78 is 19.7. The Hall–Kier alpha value is -0.790. The summed E-state index contributed by atoms with van der Waals surface area (Å²) in [5.41, 5.74) is 0. The molecule has 0 spiro atoms. The molecule has 7 heavy (non-hydrogen) atoms. The minimum Gasteiger partial charge on any atom is -0.512 e. The van der Waals surface area contributed by atoms with Gasteiger partial charge < -0.3 is 5.11 Å². The van der Waals surface area contributed by atoms with Gasteiger partial charge in [-0.3, -0.25) is 4.79 Å². The largest absolute Gasteiger partial charge is 0.512 e. The minimum atomic E-state index is -2.63. The Morgan fingerprint density at radius 3 is 2.71 bits per heavy atom. The van der Waals surface area contributed by atoms with Crippen LogP contribution in [0.2, 0.25) is 0 Å². The van der Waals surface area contributed by atoms with Gasteiger partial charge in [0.05, 0.1) is 5.76 Å². The smallest absolute Gasteiger partial charge is 0.155 e. The summed E-state index contributed by atoms with van der Waals surface area (Å²) >= 11 is 0. The second kappa shape index (κ2) is 2.39. The quantitative estimate of drug-likeness (QED) is 0.397. The van der Waals surface area contributed by atoms with E-state index in [1.807, 2.05) is 0 Å². The van der Waals surface area contributed by atoms with Gasteiger partial charge in [0.2, 0.25) is 0 Å². The van der Waals surface area contributed by atoms with Crippen molar-refractivity contribution in [3.8, 4) is 0 Å². The molecule has 0 saturated carbocycles. The summed E-state index contributed by atoms with van der Waals surface area (Å²) in [4.78, 5) is 10.5. The maximum atomic E-state index is 10.5. The van der Waals surface area contributed by atoms with Crippen molar-refractivity contribution in [2.24, 2.45) is 0 Å². The second-order valence-electron chi connectivity index (χ2n) is 1.15. The average Bonchev–Trinajstić information content (AvgIpc) is 1.60. The molecule has 2 heteroatoms. The Labute approximate surface area is 46.7 Å². The molecule has 0 aromatic rings. The van der Waals surface area contributed by atoms with E-state index in [1.54, 1.807) is 0 Å². The van der Waals surface area contributed by atoms with Crippen LogP contribution in [-0.4, -0.2) is 10.9 Å². The van der Waals surface area contributed by atoms with E-state index in [9.17, 15) is 4.79 Å². The average molecular weight is 103 g/mol. The number of rotatable bonds is 1. The molecule has 1 N–H and O–H groups in total. The summed E-state index contributed by atoms with van der Waals surface area (Å²) in [6.07, 6.45) is 0.688. The Balaban J connectivity index is 4.27. The molecule has 0 unspecified atom stereocenters. The summed E-state index contributed by atoms with van der Waals surface area (Å²) in [6, 6.07) is 0. The van der Waals surface area contributed by atoms with Gasteiger partial charge in [0.1, 0.15) is 0 Å². The Bertz CT molecular complexity index is 164. The van der Waals surface area contributed by atoms with Crippen molar-refractivity contribution in [1.29, 1.82) is 0 Å². The first-order valence-electron chi connectivity index (χ1n) is 3.26. The molecule has 0 aromatic carbocycles. The first-order chi connectivity index (χ1) is 4.34. The van der Waals surface area contributed by atoms with Gasteiger partial charge in [-0.2, -0.15) is 0 Å². The number of ketones is 1. The third kappa shape index (κ3) is 5.21. The van der Waals surface area contributed by atoms with Crippen molar-refractivity contribution >= 4 is 5.78 Å². The zero-order chi connectivity index (χ0) is 8.36. The van der Waals surface area contributed by atoms with Crippen LogP contribution in [-0.2, 0) is 4.79 Å². The van der Waals surface area contributed by atoms with Crippen molar-refractivity contribution in [3.63, 3.8) is 0 Å². The normalized spacial score (nSPS) is 19.6. The molecule has 0 saturated heterocycles. The van der Waals surface area contributed by atoms with E-state index in [1.165, 1.54) is 6.92 Å². The van der Waals surface area contributed by atoms with Crippen molar-refractivity contribution in [2.75, 3.05) is 0 Å². The van der Waals surface area contributed by atoms with E-state index in [4.69, 9.17) is 9.22 Å². The van der Waals surface area contributed by atoms with Crippen LogP contribution in [0.4, 0.5) is 0 Å². The Morgan fingerprint density at radius 2 is 2.57 bits per heavy atom. The van der Waals surface area contributed by atoms with Gasteiger partial charge in [0, 0.05) is 10.2 Å². The molecule has 0 rings (SSSR count). The number of allylic oxidation sites excluding steroid dienone is 2. The fourth-order valence-electron chi connectivity index (χ4n) is 0.190. The summed E-state index contributed by atoms with van der Waals surface area (Å²) in [5.74, 6) is -1.34. The van der Waals surface area contributed by atoms with Crippen LogP contribution in [0.15, 0.2) is 11.8 Å². The Kier molecular flexibility index (Phi) is 0.855. The molecule has 0 atom stereocenters. The molecular weight excluding hydrogens is 92.1 g/mol. The van der Waals surface area contributed by atoms with Crippen LogP contribution in [0, 0.1) is 0 Å². The molecule has 0 radical (unpaired) electrons. The van der Waals surface area contributed by atoms with Crippen molar-refractivity contribution in [3.05, 3.63) is 11.8 Å². The van der Waals surface area contributed by atoms with Gasteiger partial charge in [0.25, 0.3) is 0 Å². The number of aliphatic hydroxyl groups is 1. The van der Waals surface area contributed by atoms with E-state index >= 15 is 0 Å². The van der Waals surface area contributed by atoms with Gasteiger partial charge in [-0.25, -0.2) is 0 Å². The highest BCUT2D eigenvalue weighted by molar-refractivity contribution is 5.87. The number of hydrogen-bond donors (Lipinski definition) is 1. The predicted molar refractivity (Wildman–Crippen MR) is 27.1 cm³/mol. The van der Waals surface area contributed by atoms with E-state index in [0.717, 1.165) is 0 Å². The predicted octanol–water partition coefficient (Wildman–Crippen LogP) is 1.04. The fraction of sp³-hybridized carbons (Fsp3) is 0.400. The molecule has 0 fully saturated rings. The minimum absolute atomic E-state index is 0.291. The van der Waals surface area contributed by atoms with Gasteiger partial charge in [-0.05, 0) is 13.8 Å². The highest BCUT2D eigenvalue weighted by atomic mass is 16.3. The van der Waals surface area contributed by atoms with E-state index in [2.05, 4.69) is 0 Å². The Morgan fingerprint density at radius 1 is 2.00 bits per heavy atom. The maximum Gasteiger partial charge on any atom is 0.155 e. The molecule has 0 amide bonds. The lowest BCUT2D eigenvalue weighted by molar-refractivity contribution is -0.112. The number of carbonyl (C=O) groups is 1. The summed E-state index contributed by atoms with van der Waals surface area (Å²) in [7, 11) is 0. The molecular formula is C5H8O2. The molecule has 0 aliphatic rings. The van der Waals surface area contributed by atoms with Crippen LogP contribution in [0.5, 0.6) is 0 Å². The van der Waals surface area contributed by atoms with E-state index in [-0.39, 0.29) is 5.76 Å². The van der Waals surface area contributed by atoms with Crippen molar-refractivity contribution in [2.45, 2.75) is 13.8 Å². The SMILES string of the molecule is [2H]C([2H])([2H])C(=O)C=C(C)O. The van der Waals surface area contributed by atoms with E-state index in [0.29, 0.717) is 6.08 Å². The molecule has 0 aliphatic carbocycles. The van der Waals surface area contributed by atoms with Gasteiger partial charge in [-0.15, -0.1) is 0 Å². The van der Waals surface area contributed by atoms with Gasteiger partial charge in [-0.1, -0.05) is 0 Å². The molecule has 2 nitrogen and oxygen atoms in total.